The van der Waals surface area contributed by atoms with Crippen molar-refractivity contribution in [3.05, 3.63) is 59.9 Å². The van der Waals surface area contributed by atoms with Gasteiger partial charge in [-0.1, -0.05) is 6.07 Å². The summed E-state index contributed by atoms with van der Waals surface area (Å²) in [7, 11) is 0. The van der Waals surface area contributed by atoms with Gasteiger partial charge in [0.1, 0.15) is 11.5 Å². The zero-order chi connectivity index (χ0) is 21.1. The summed E-state index contributed by atoms with van der Waals surface area (Å²) in [5.74, 6) is 0.0473. The van der Waals surface area contributed by atoms with Gasteiger partial charge in [-0.2, -0.15) is 0 Å². The van der Waals surface area contributed by atoms with Gasteiger partial charge in [-0.15, -0.1) is 13.2 Å². The lowest BCUT2D eigenvalue weighted by atomic mass is 9.90. The highest BCUT2D eigenvalue weighted by atomic mass is 19.4. The van der Waals surface area contributed by atoms with E-state index in [0.29, 0.717) is 35.8 Å². The van der Waals surface area contributed by atoms with Gasteiger partial charge in [-0.25, -0.2) is 0 Å². The van der Waals surface area contributed by atoms with Crippen LogP contribution in [0, 0.1) is 0 Å². The molecule has 156 valence electrons. The summed E-state index contributed by atoms with van der Waals surface area (Å²) in [4.78, 5) is 4.35. The number of rotatable bonds is 7. The molecule has 0 aliphatic carbocycles. The normalized spacial score (nSPS) is 18.8. The van der Waals surface area contributed by atoms with Crippen molar-refractivity contribution in [2.75, 3.05) is 13.2 Å². The van der Waals surface area contributed by atoms with Crippen LogP contribution in [-0.2, 0) is 9.47 Å². The molecule has 0 amide bonds. The molecule has 1 aliphatic heterocycles. The third kappa shape index (κ3) is 4.89. The average Bonchev–Trinajstić information content (AvgIpc) is 2.67. The molecule has 0 spiro atoms. The Morgan fingerprint density at radius 1 is 1.10 bits per heavy atom. The molecule has 1 atom stereocenters. The highest BCUT2D eigenvalue weighted by Gasteiger charge is 2.41. The molecule has 1 aliphatic rings. The monoisotopic (exact) mass is 409 g/mol. The lowest BCUT2D eigenvalue weighted by Gasteiger charge is -2.39. The molecule has 5 nitrogen and oxygen atoms in total. The van der Waals surface area contributed by atoms with Crippen LogP contribution in [0.2, 0.25) is 0 Å². The number of hydrogen-bond acceptors (Lipinski definition) is 5. The highest BCUT2D eigenvalue weighted by Crippen LogP contribution is 2.43. The van der Waals surface area contributed by atoms with Gasteiger partial charge in [-0.3, -0.25) is 4.98 Å². The SMILES string of the molecule is CCOC(OCC)C1(C)C=C(c2ccccn2)c2cc(OC(F)(F)F)ccc2O1. The van der Waals surface area contributed by atoms with Gasteiger partial charge in [0, 0.05) is 30.5 Å². The zero-order valence-electron chi connectivity index (χ0n) is 16.3. The Hall–Kier alpha value is -2.58. The van der Waals surface area contributed by atoms with Crippen molar-refractivity contribution in [1.29, 1.82) is 0 Å². The van der Waals surface area contributed by atoms with Crippen LogP contribution in [0.1, 0.15) is 32.0 Å². The highest BCUT2D eigenvalue weighted by molar-refractivity contribution is 5.84. The van der Waals surface area contributed by atoms with Gasteiger partial charge in [0.15, 0.2) is 5.60 Å². The van der Waals surface area contributed by atoms with Crippen LogP contribution < -0.4 is 9.47 Å². The fourth-order valence-corrected chi connectivity index (χ4v) is 3.17. The summed E-state index contributed by atoms with van der Waals surface area (Å²) in [6.45, 7) is 6.30. The van der Waals surface area contributed by atoms with Crippen molar-refractivity contribution in [2.45, 2.75) is 39.0 Å². The summed E-state index contributed by atoms with van der Waals surface area (Å²) >= 11 is 0. The van der Waals surface area contributed by atoms with Crippen LogP contribution in [0.5, 0.6) is 11.5 Å². The average molecular weight is 409 g/mol. The van der Waals surface area contributed by atoms with E-state index >= 15 is 0 Å². The van der Waals surface area contributed by atoms with Crippen molar-refractivity contribution < 1.29 is 32.1 Å². The molecule has 0 radical (unpaired) electrons. The van der Waals surface area contributed by atoms with E-state index in [2.05, 4.69) is 9.72 Å². The lowest BCUT2D eigenvalue weighted by molar-refractivity contribution is -0.274. The second kappa shape index (κ2) is 8.42. The van der Waals surface area contributed by atoms with Crippen LogP contribution in [-0.4, -0.2) is 36.5 Å². The second-order valence-electron chi connectivity index (χ2n) is 6.51. The smallest absolute Gasteiger partial charge is 0.477 e. The molecule has 0 saturated heterocycles. The maximum absolute atomic E-state index is 12.7. The Bertz CT molecular complexity index is 864. The van der Waals surface area contributed by atoms with Crippen LogP contribution in [0.3, 0.4) is 0 Å². The number of fused-ring (bicyclic) bond motifs is 1. The molecule has 2 aromatic rings. The minimum atomic E-state index is -4.79. The second-order valence-corrected chi connectivity index (χ2v) is 6.51. The Kier molecular flexibility index (Phi) is 6.14. The van der Waals surface area contributed by atoms with E-state index in [4.69, 9.17) is 14.2 Å². The summed E-state index contributed by atoms with van der Waals surface area (Å²) in [6.07, 6.45) is -2.12. The number of ether oxygens (including phenoxy) is 4. The van der Waals surface area contributed by atoms with Crippen molar-refractivity contribution in [3.63, 3.8) is 0 Å². The Balaban J connectivity index is 2.11. The third-order valence-electron chi connectivity index (χ3n) is 4.28. The molecule has 3 rings (SSSR count). The number of hydrogen-bond donors (Lipinski definition) is 0. The maximum Gasteiger partial charge on any atom is 0.573 e. The summed E-state index contributed by atoms with van der Waals surface area (Å²) in [5.41, 5.74) is 0.610. The molecule has 0 fully saturated rings. The first kappa shape index (κ1) is 21.1. The first-order chi connectivity index (χ1) is 13.8. The predicted octanol–water partition coefficient (Wildman–Crippen LogP) is 4.96. The van der Waals surface area contributed by atoms with Gasteiger partial charge in [0.25, 0.3) is 0 Å². The quantitative estimate of drug-likeness (QED) is 0.605. The number of aromatic nitrogens is 1. The molecule has 8 heteroatoms. The van der Waals surface area contributed by atoms with Crippen molar-refractivity contribution in [1.82, 2.24) is 4.98 Å². The van der Waals surface area contributed by atoms with E-state index in [1.165, 1.54) is 18.2 Å². The summed E-state index contributed by atoms with van der Waals surface area (Å²) < 4.78 is 59.7. The fraction of sp³-hybridized carbons (Fsp3) is 0.381. The Morgan fingerprint density at radius 2 is 1.83 bits per heavy atom. The third-order valence-corrected chi connectivity index (χ3v) is 4.28. The molecular weight excluding hydrogens is 387 g/mol. The molecule has 2 heterocycles. The molecule has 29 heavy (non-hydrogen) atoms. The van der Waals surface area contributed by atoms with Gasteiger partial charge in [-0.05, 0) is 57.2 Å². The number of alkyl halides is 3. The predicted molar refractivity (Wildman–Crippen MR) is 101 cm³/mol. The number of pyridine rings is 1. The summed E-state index contributed by atoms with van der Waals surface area (Å²) in [6, 6.07) is 9.28. The van der Waals surface area contributed by atoms with Gasteiger partial charge in [0.2, 0.25) is 6.29 Å². The number of halogens is 3. The van der Waals surface area contributed by atoms with Crippen LogP contribution >= 0.6 is 0 Å². The molecule has 1 unspecified atom stereocenters. The van der Waals surface area contributed by atoms with E-state index in [-0.39, 0.29) is 5.75 Å². The van der Waals surface area contributed by atoms with Crippen molar-refractivity contribution >= 4 is 5.57 Å². The summed E-state index contributed by atoms with van der Waals surface area (Å²) in [5, 5.41) is 0. The number of nitrogens with zero attached hydrogens (tertiary/aromatic N) is 1. The number of benzene rings is 1. The Labute approximate surface area is 167 Å². The maximum atomic E-state index is 12.7. The van der Waals surface area contributed by atoms with Crippen LogP contribution in [0.25, 0.3) is 5.57 Å². The Morgan fingerprint density at radius 3 is 2.41 bits per heavy atom. The molecular formula is C21H22F3NO4. The first-order valence-electron chi connectivity index (χ1n) is 9.22. The standard InChI is InChI=1S/C21H22F3NO4/c1-4-26-19(27-5-2)20(3)13-16(17-8-6-7-11-25-17)15-12-14(28-21(22,23)24)9-10-18(15)29-20/h6-13,19H,4-5H2,1-3H3. The van der Waals surface area contributed by atoms with Gasteiger partial charge < -0.3 is 18.9 Å². The van der Waals surface area contributed by atoms with E-state index < -0.39 is 18.3 Å². The molecule has 0 saturated carbocycles. The first-order valence-corrected chi connectivity index (χ1v) is 9.22. The molecule has 0 bridgehead atoms. The van der Waals surface area contributed by atoms with Crippen LogP contribution in [0.15, 0.2) is 48.7 Å². The largest absolute Gasteiger partial charge is 0.573 e. The fourth-order valence-electron chi connectivity index (χ4n) is 3.17. The van der Waals surface area contributed by atoms with Crippen molar-refractivity contribution in [2.24, 2.45) is 0 Å². The topological polar surface area (TPSA) is 49.8 Å². The molecule has 0 N–H and O–H groups in total. The minimum absolute atomic E-state index is 0.337. The minimum Gasteiger partial charge on any atom is -0.477 e. The van der Waals surface area contributed by atoms with Crippen molar-refractivity contribution in [3.8, 4) is 11.5 Å². The van der Waals surface area contributed by atoms with E-state index in [0.717, 1.165) is 0 Å². The van der Waals surface area contributed by atoms with Crippen LogP contribution in [0.4, 0.5) is 13.2 Å². The van der Waals surface area contributed by atoms with Gasteiger partial charge in [0.05, 0.1) is 5.69 Å². The van der Waals surface area contributed by atoms with E-state index in [1.807, 2.05) is 13.8 Å². The molecule has 1 aromatic carbocycles. The van der Waals surface area contributed by atoms with Gasteiger partial charge >= 0.3 is 6.36 Å². The van der Waals surface area contributed by atoms with E-state index in [9.17, 15) is 13.2 Å². The molecule has 1 aromatic heterocycles. The van der Waals surface area contributed by atoms with E-state index in [1.54, 1.807) is 37.4 Å². The zero-order valence-corrected chi connectivity index (χ0v) is 16.3. The lowest BCUT2D eigenvalue weighted by Crippen LogP contribution is -2.48.